The van der Waals surface area contributed by atoms with Crippen molar-refractivity contribution in [1.82, 2.24) is 4.98 Å². The minimum absolute atomic E-state index is 0.444. The molecule has 0 atom stereocenters. The maximum absolute atomic E-state index is 5.42. The van der Waals surface area contributed by atoms with Crippen molar-refractivity contribution in [3.63, 3.8) is 0 Å². The SMILES string of the molecule is Cc1ocnc1Cl. The van der Waals surface area contributed by atoms with Crippen LogP contribution < -0.4 is 0 Å². The van der Waals surface area contributed by atoms with Crippen LogP contribution in [0, 0.1) is 6.92 Å². The molecule has 0 saturated heterocycles. The Morgan fingerprint density at radius 3 is 2.71 bits per heavy atom. The fourth-order valence-corrected chi connectivity index (χ4v) is 0.376. The second kappa shape index (κ2) is 1.54. The van der Waals surface area contributed by atoms with Crippen LogP contribution in [0.25, 0.3) is 0 Å². The maximum atomic E-state index is 5.42. The monoisotopic (exact) mass is 117 g/mol. The molecule has 1 heterocycles. The van der Waals surface area contributed by atoms with Crippen LogP contribution in [-0.2, 0) is 0 Å². The quantitative estimate of drug-likeness (QED) is 0.516. The van der Waals surface area contributed by atoms with Crippen LogP contribution in [-0.4, -0.2) is 4.98 Å². The first-order valence-electron chi connectivity index (χ1n) is 1.86. The summed E-state index contributed by atoms with van der Waals surface area (Å²) in [6.07, 6.45) is 1.32. The maximum Gasteiger partial charge on any atom is 0.182 e. The third kappa shape index (κ3) is 0.747. The molecule has 0 aliphatic carbocycles. The number of hydrogen-bond donors (Lipinski definition) is 0. The average molecular weight is 118 g/mol. The molecule has 38 valence electrons. The third-order valence-electron chi connectivity index (χ3n) is 0.686. The van der Waals surface area contributed by atoms with E-state index in [1.165, 1.54) is 6.39 Å². The molecular weight excluding hydrogens is 114 g/mol. The van der Waals surface area contributed by atoms with E-state index in [9.17, 15) is 0 Å². The van der Waals surface area contributed by atoms with Gasteiger partial charge in [-0.2, -0.15) is 0 Å². The number of oxazole rings is 1. The second-order valence-corrected chi connectivity index (χ2v) is 1.56. The lowest BCUT2D eigenvalue weighted by molar-refractivity contribution is 0.527. The van der Waals surface area contributed by atoms with Crippen molar-refractivity contribution < 1.29 is 4.42 Å². The topological polar surface area (TPSA) is 26.0 Å². The molecule has 1 aromatic heterocycles. The Labute approximate surface area is 46.1 Å². The molecule has 0 aliphatic heterocycles. The van der Waals surface area contributed by atoms with Gasteiger partial charge in [-0.3, -0.25) is 0 Å². The summed E-state index contributed by atoms with van der Waals surface area (Å²) in [6.45, 7) is 1.76. The highest BCUT2D eigenvalue weighted by molar-refractivity contribution is 6.29. The summed E-state index contributed by atoms with van der Waals surface area (Å²) in [5, 5.41) is 0.444. The lowest BCUT2D eigenvalue weighted by Gasteiger charge is -1.73. The molecule has 7 heavy (non-hydrogen) atoms. The molecule has 2 nitrogen and oxygen atoms in total. The number of aromatic nitrogens is 1. The number of hydrogen-bond acceptors (Lipinski definition) is 2. The molecule has 0 bridgehead atoms. The van der Waals surface area contributed by atoms with E-state index in [0.29, 0.717) is 10.9 Å². The largest absolute Gasteiger partial charge is 0.447 e. The van der Waals surface area contributed by atoms with Gasteiger partial charge in [-0.15, -0.1) is 0 Å². The summed E-state index contributed by atoms with van der Waals surface area (Å²) in [6, 6.07) is 0. The summed E-state index contributed by atoms with van der Waals surface area (Å²) in [4.78, 5) is 3.61. The molecule has 0 unspecified atom stereocenters. The van der Waals surface area contributed by atoms with Crippen LogP contribution in [0.2, 0.25) is 5.15 Å². The molecule has 0 amide bonds. The zero-order chi connectivity index (χ0) is 5.28. The summed E-state index contributed by atoms with van der Waals surface area (Å²) in [5.74, 6) is 0.668. The molecule has 0 aromatic carbocycles. The third-order valence-corrected chi connectivity index (χ3v) is 1.05. The van der Waals surface area contributed by atoms with Gasteiger partial charge in [-0.25, -0.2) is 4.98 Å². The summed E-state index contributed by atoms with van der Waals surface area (Å²) in [7, 11) is 0. The van der Waals surface area contributed by atoms with Crippen LogP contribution in [0.4, 0.5) is 0 Å². The lowest BCUT2D eigenvalue weighted by atomic mass is 10.6. The smallest absolute Gasteiger partial charge is 0.182 e. The van der Waals surface area contributed by atoms with Crippen LogP contribution in [0.1, 0.15) is 5.76 Å². The zero-order valence-corrected chi connectivity index (χ0v) is 4.57. The molecule has 0 radical (unpaired) electrons. The van der Waals surface area contributed by atoms with Crippen LogP contribution >= 0.6 is 11.6 Å². The van der Waals surface area contributed by atoms with Gasteiger partial charge in [0.25, 0.3) is 0 Å². The van der Waals surface area contributed by atoms with E-state index in [1.807, 2.05) is 0 Å². The first-order chi connectivity index (χ1) is 3.30. The molecular formula is C4H4ClNO. The van der Waals surface area contributed by atoms with Crippen molar-refractivity contribution in [2.45, 2.75) is 6.92 Å². The predicted molar refractivity (Wildman–Crippen MR) is 26.2 cm³/mol. The fourth-order valence-electron chi connectivity index (χ4n) is 0.291. The first-order valence-corrected chi connectivity index (χ1v) is 2.24. The standard InChI is InChI=1S/C4H4ClNO/c1-3-4(5)6-2-7-3/h2H,1H3. The number of nitrogens with zero attached hydrogens (tertiary/aromatic N) is 1. The van der Waals surface area contributed by atoms with E-state index in [0.717, 1.165) is 0 Å². The number of rotatable bonds is 0. The van der Waals surface area contributed by atoms with Crippen molar-refractivity contribution in [1.29, 1.82) is 0 Å². The van der Waals surface area contributed by atoms with Gasteiger partial charge in [0.1, 0.15) is 5.76 Å². The normalized spacial score (nSPS) is 9.43. The highest BCUT2D eigenvalue weighted by atomic mass is 35.5. The highest BCUT2D eigenvalue weighted by Crippen LogP contribution is 2.09. The van der Waals surface area contributed by atoms with Crippen molar-refractivity contribution in [2.24, 2.45) is 0 Å². The molecule has 0 saturated carbocycles. The van der Waals surface area contributed by atoms with E-state index >= 15 is 0 Å². The van der Waals surface area contributed by atoms with Crippen LogP contribution in [0.3, 0.4) is 0 Å². The Balaban J connectivity index is 3.12. The molecule has 0 spiro atoms. The molecule has 0 aliphatic rings. The Morgan fingerprint density at radius 2 is 2.57 bits per heavy atom. The zero-order valence-electron chi connectivity index (χ0n) is 3.81. The van der Waals surface area contributed by atoms with Crippen molar-refractivity contribution >= 4 is 11.6 Å². The second-order valence-electron chi connectivity index (χ2n) is 1.20. The van der Waals surface area contributed by atoms with Gasteiger partial charge in [0.2, 0.25) is 0 Å². The minimum Gasteiger partial charge on any atom is -0.447 e. The molecule has 0 N–H and O–H groups in total. The van der Waals surface area contributed by atoms with Gasteiger partial charge in [-0.05, 0) is 6.92 Å². The van der Waals surface area contributed by atoms with Crippen molar-refractivity contribution in [3.05, 3.63) is 17.3 Å². The van der Waals surface area contributed by atoms with Crippen molar-refractivity contribution in [2.75, 3.05) is 0 Å². The summed E-state index contributed by atoms with van der Waals surface area (Å²) >= 11 is 5.42. The average Bonchev–Trinajstić information content (AvgIpc) is 1.91. The van der Waals surface area contributed by atoms with E-state index in [1.54, 1.807) is 6.92 Å². The van der Waals surface area contributed by atoms with Gasteiger partial charge < -0.3 is 4.42 Å². The van der Waals surface area contributed by atoms with E-state index in [-0.39, 0.29) is 0 Å². The van der Waals surface area contributed by atoms with E-state index in [2.05, 4.69) is 4.98 Å². The van der Waals surface area contributed by atoms with Crippen LogP contribution in [0.5, 0.6) is 0 Å². The van der Waals surface area contributed by atoms with E-state index < -0.39 is 0 Å². The minimum atomic E-state index is 0.444. The molecule has 3 heteroatoms. The van der Waals surface area contributed by atoms with Gasteiger partial charge in [0.15, 0.2) is 11.5 Å². The summed E-state index contributed by atoms with van der Waals surface area (Å²) in [5.41, 5.74) is 0. The first kappa shape index (κ1) is 4.65. The number of halogens is 1. The summed E-state index contributed by atoms with van der Waals surface area (Å²) < 4.78 is 4.72. The highest BCUT2D eigenvalue weighted by Gasteiger charge is 1.93. The Bertz CT molecular complexity index is 144. The molecule has 1 rings (SSSR count). The Kier molecular flexibility index (Phi) is 1.02. The van der Waals surface area contributed by atoms with Crippen LogP contribution in [0.15, 0.2) is 10.8 Å². The van der Waals surface area contributed by atoms with Gasteiger partial charge in [-0.1, -0.05) is 11.6 Å². The van der Waals surface area contributed by atoms with Crippen molar-refractivity contribution in [3.8, 4) is 0 Å². The predicted octanol–water partition coefficient (Wildman–Crippen LogP) is 1.64. The fraction of sp³-hybridized carbons (Fsp3) is 0.250. The number of aryl methyl sites for hydroxylation is 1. The molecule has 0 fully saturated rings. The van der Waals surface area contributed by atoms with Gasteiger partial charge in [0, 0.05) is 0 Å². The van der Waals surface area contributed by atoms with Gasteiger partial charge >= 0.3 is 0 Å². The Morgan fingerprint density at radius 1 is 1.86 bits per heavy atom. The van der Waals surface area contributed by atoms with Gasteiger partial charge in [0.05, 0.1) is 0 Å². The van der Waals surface area contributed by atoms with E-state index in [4.69, 9.17) is 16.0 Å². The molecule has 1 aromatic rings. The Hall–Kier alpha value is -0.500. The lowest BCUT2D eigenvalue weighted by Crippen LogP contribution is -1.60.